The van der Waals surface area contributed by atoms with Crippen molar-refractivity contribution in [3.63, 3.8) is 0 Å². The summed E-state index contributed by atoms with van der Waals surface area (Å²) in [5.41, 5.74) is 3.18. The van der Waals surface area contributed by atoms with Gasteiger partial charge in [-0.3, -0.25) is 14.9 Å². The van der Waals surface area contributed by atoms with Crippen molar-refractivity contribution in [2.75, 3.05) is 14.1 Å². The van der Waals surface area contributed by atoms with Crippen molar-refractivity contribution in [3.05, 3.63) is 53.6 Å². The minimum absolute atomic E-state index is 0.217. The first-order valence-corrected chi connectivity index (χ1v) is 9.02. The van der Waals surface area contributed by atoms with Crippen molar-refractivity contribution < 1.29 is 4.79 Å². The quantitative estimate of drug-likeness (QED) is 0.880. The number of nitrogens with zero attached hydrogens (tertiary/aromatic N) is 4. The number of carbonyl (C=O) groups is 1. The van der Waals surface area contributed by atoms with E-state index in [0.717, 1.165) is 47.3 Å². The summed E-state index contributed by atoms with van der Waals surface area (Å²) in [4.78, 5) is 23.4. The highest BCUT2D eigenvalue weighted by Crippen LogP contribution is 2.26. The zero-order valence-electron chi connectivity index (χ0n) is 15.4. The molecular formula is C20H22N6O. The molecule has 1 aromatic heterocycles. The number of carbonyl (C=O) groups excluding carboxylic acids is 1. The molecule has 7 nitrogen and oxygen atoms in total. The zero-order chi connectivity index (χ0) is 18.8. The van der Waals surface area contributed by atoms with Crippen molar-refractivity contribution in [1.29, 1.82) is 0 Å². The lowest BCUT2D eigenvalue weighted by Gasteiger charge is -2.19. The first-order chi connectivity index (χ1) is 13.1. The number of nitrogens with one attached hydrogen (secondary N) is 2. The lowest BCUT2D eigenvalue weighted by Crippen LogP contribution is -2.28. The van der Waals surface area contributed by atoms with E-state index in [-0.39, 0.29) is 11.8 Å². The number of hydrogen-bond acceptors (Lipinski definition) is 5. The number of rotatable bonds is 3. The van der Waals surface area contributed by atoms with Gasteiger partial charge in [0.05, 0.1) is 5.52 Å². The number of fused-ring (bicyclic) bond motifs is 1. The summed E-state index contributed by atoms with van der Waals surface area (Å²) >= 11 is 0. The highest BCUT2D eigenvalue weighted by Gasteiger charge is 2.19. The molecule has 138 valence electrons. The van der Waals surface area contributed by atoms with Gasteiger partial charge >= 0.3 is 0 Å². The van der Waals surface area contributed by atoms with E-state index in [0.29, 0.717) is 5.69 Å². The van der Waals surface area contributed by atoms with Crippen molar-refractivity contribution in [3.8, 4) is 0 Å². The van der Waals surface area contributed by atoms with Crippen LogP contribution in [-0.2, 0) is 0 Å². The van der Waals surface area contributed by atoms with Crippen LogP contribution >= 0.6 is 0 Å². The monoisotopic (exact) mass is 362 g/mol. The number of aliphatic imine (C=N–C) groups is 2. The molecule has 0 saturated heterocycles. The largest absolute Gasteiger partial charge is 0.366 e. The van der Waals surface area contributed by atoms with E-state index in [4.69, 9.17) is 0 Å². The summed E-state index contributed by atoms with van der Waals surface area (Å²) in [5, 5.41) is 11.0. The minimum Gasteiger partial charge on any atom is -0.366 e. The van der Waals surface area contributed by atoms with Gasteiger partial charge in [0.25, 0.3) is 5.91 Å². The lowest BCUT2D eigenvalue weighted by molar-refractivity contribution is 0.0961. The number of aromatic amines is 1. The van der Waals surface area contributed by atoms with E-state index in [9.17, 15) is 4.79 Å². The Balaban J connectivity index is 1.57. The van der Waals surface area contributed by atoms with Crippen LogP contribution in [0.2, 0.25) is 0 Å². The molecule has 2 N–H and O–H groups in total. The van der Waals surface area contributed by atoms with Gasteiger partial charge in [0.1, 0.15) is 5.84 Å². The molecule has 1 unspecified atom stereocenters. The molecule has 1 aromatic carbocycles. The molecule has 0 aliphatic carbocycles. The molecule has 1 atom stereocenters. The predicted octanol–water partition coefficient (Wildman–Crippen LogP) is 2.96. The Kier molecular flexibility index (Phi) is 4.58. The number of H-pyrrole nitrogens is 1. The predicted molar refractivity (Wildman–Crippen MR) is 107 cm³/mol. The lowest BCUT2D eigenvalue weighted by atomic mass is 9.94. The van der Waals surface area contributed by atoms with E-state index in [1.807, 2.05) is 43.5 Å². The smallest absolute Gasteiger partial charge is 0.276 e. The van der Waals surface area contributed by atoms with Crippen LogP contribution in [0.5, 0.6) is 0 Å². The number of aromatic nitrogens is 2. The van der Waals surface area contributed by atoms with Gasteiger partial charge in [-0.1, -0.05) is 12.1 Å². The van der Waals surface area contributed by atoms with E-state index in [1.54, 1.807) is 6.20 Å². The molecule has 3 heterocycles. The summed E-state index contributed by atoms with van der Waals surface area (Å²) in [6.07, 6.45) is 9.99. The Labute approximate surface area is 157 Å². The molecular weight excluding hydrogens is 340 g/mol. The highest BCUT2D eigenvalue weighted by molar-refractivity contribution is 6.05. The third kappa shape index (κ3) is 3.53. The fourth-order valence-corrected chi connectivity index (χ4v) is 3.31. The molecule has 0 spiro atoms. The van der Waals surface area contributed by atoms with Crippen LogP contribution in [0.1, 0.15) is 41.2 Å². The maximum absolute atomic E-state index is 12.8. The molecule has 0 bridgehead atoms. The number of hydrogen-bond donors (Lipinski definition) is 2. The topological polar surface area (TPSA) is 85.7 Å². The molecule has 2 aliphatic rings. The first-order valence-electron chi connectivity index (χ1n) is 9.02. The maximum Gasteiger partial charge on any atom is 0.276 e. The van der Waals surface area contributed by atoms with Gasteiger partial charge in [0, 0.05) is 56.1 Å². The normalized spacial score (nSPS) is 19.0. The van der Waals surface area contributed by atoms with Crippen molar-refractivity contribution in [2.24, 2.45) is 9.98 Å². The van der Waals surface area contributed by atoms with Crippen LogP contribution in [0, 0.1) is 0 Å². The first kappa shape index (κ1) is 17.2. The minimum atomic E-state index is -0.217. The second-order valence-corrected chi connectivity index (χ2v) is 6.95. The zero-order valence-corrected chi connectivity index (χ0v) is 15.4. The Hall–Kier alpha value is -3.22. The SMILES string of the molecule is CN(C)C1=NC=C(NC(=O)c2n[nH]c3ccc(C4C=NC=CC4)cc23)CC1. The summed E-state index contributed by atoms with van der Waals surface area (Å²) in [7, 11) is 3.94. The molecule has 1 amide bonds. The van der Waals surface area contributed by atoms with Gasteiger partial charge in [0.15, 0.2) is 5.69 Å². The van der Waals surface area contributed by atoms with Gasteiger partial charge in [0.2, 0.25) is 0 Å². The average Bonchev–Trinajstić information content (AvgIpc) is 3.12. The van der Waals surface area contributed by atoms with Crippen LogP contribution in [-0.4, -0.2) is 47.2 Å². The summed E-state index contributed by atoms with van der Waals surface area (Å²) in [6, 6.07) is 6.05. The standard InChI is InChI=1S/C20H22N6O/c1-26(2)18-8-6-15(12-22-18)23-20(27)19-16-10-13(5-7-17(16)24-25-19)14-4-3-9-21-11-14/h3,5,7,9-12,14H,4,6,8H2,1-2H3,(H,23,27)(H,24,25). The van der Waals surface area contributed by atoms with Gasteiger partial charge in [-0.2, -0.15) is 5.10 Å². The van der Waals surface area contributed by atoms with Crippen LogP contribution in [0.15, 0.2) is 52.4 Å². The second-order valence-electron chi connectivity index (χ2n) is 6.95. The summed E-state index contributed by atoms with van der Waals surface area (Å²) in [5.74, 6) is 1.02. The van der Waals surface area contributed by atoms with Gasteiger partial charge in [-0.25, -0.2) is 4.99 Å². The number of amidine groups is 1. The van der Waals surface area contributed by atoms with Gasteiger partial charge in [-0.05, 0) is 30.5 Å². The van der Waals surface area contributed by atoms with Crippen LogP contribution in [0.4, 0.5) is 0 Å². The second kappa shape index (κ2) is 7.19. The molecule has 4 rings (SSSR count). The number of amides is 1. The van der Waals surface area contributed by atoms with Gasteiger partial charge in [-0.15, -0.1) is 0 Å². The molecule has 2 aliphatic heterocycles. The van der Waals surface area contributed by atoms with E-state index in [2.05, 4.69) is 37.6 Å². The third-order valence-corrected chi connectivity index (χ3v) is 4.86. The van der Waals surface area contributed by atoms with Crippen molar-refractivity contribution in [2.45, 2.75) is 25.2 Å². The Morgan fingerprint density at radius 2 is 2.19 bits per heavy atom. The van der Waals surface area contributed by atoms with Gasteiger partial charge < -0.3 is 10.2 Å². The van der Waals surface area contributed by atoms with Crippen LogP contribution in [0.3, 0.4) is 0 Å². The Morgan fingerprint density at radius 1 is 1.30 bits per heavy atom. The molecule has 7 heteroatoms. The molecule has 0 fully saturated rings. The molecule has 27 heavy (non-hydrogen) atoms. The van der Waals surface area contributed by atoms with Crippen LogP contribution in [0.25, 0.3) is 10.9 Å². The fourth-order valence-electron chi connectivity index (χ4n) is 3.31. The van der Waals surface area contributed by atoms with Crippen molar-refractivity contribution in [1.82, 2.24) is 20.4 Å². The van der Waals surface area contributed by atoms with Crippen molar-refractivity contribution >= 4 is 28.9 Å². The third-order valence-electron chi connectivity index (χ3n) is 4.86. The fraction of sp³-hybridized carbons (Fsp3) is 0.300. The highest BCUT2D eigenvalue weighted by atomic mass is 16.2. The molecule has 0 radical (unpaired) electrons. The van der Waals surface area contributed by atoms with Crippen LogP contribution < -0.4 is 5.32 Å². The Bertz CT molecular complexity index is 995. The molecule has 2 aromatic rings. The maximum atomic E-state index is 12.8. The van der Waals surface area contributed by atoms with E-state index >= 15 is 0 Å². The van der Waals surface area contributed by atoms with E-state index < -0.39 is 0 Å². The average molecular weight is 362 g/mol. The number of allylic oxidation sites excluding steroid dienone is 2. The summed E-state index contributed by atoms with van der Waals surface area (Å²) in [6.45, 7) is 0. The molecule has 0 saturated carbocycles. The summed E-state index contributed by atoms with van der Waals surface area (Å²) < 4.78 is 0. The Morgan fingerprint density at radius 3 is 2.89 bits per heavy atom. The van der Waals surface area contributed by atoms with E-state index in [1.165, 1.54) is 0 Å². The number of benzene rings is 1.